The van der Waals surface area contributed by atoms with Gasteiger partial charge in [-0.15, -0.1) is 11.3 Å². The van der Waals surface area contributed by atoms with Crippen molar-refractivity contribution in [3.8, 4) is 0 Å². The fraction of sp³-hybridized carbons (Fsp3) is 0.583. The van der Waals surface area contributed by atoms with Crippen LogP contribution in [0.5, 0.6) is 0 Å². The van der Waals surface area contributed by atoms with E-state index in [0.29, 0.717) is 11.8 Å². The molecule has 0 aliphatic carbocycles. The molecule has 114 valence electrons. The summed E-state index contributed by atoms with van der Waals surface area (Å²) in [6, 6.07) is 3.44. The third-order valence-corrected chi connectivity index (χ3v) is 3.90. The van der Waals surface area contributed by atoms with E-state index < -0.39 is 23.8 Å². The van der Waals surface area contributed by atoms with E-state index in [1.807, 2.05) is 0 Å². The largest absolute Gasteiger partial charge is 0.426 e. The first kappa shape index (κ1) is 16.9. The van der Waals surface area contributed by atoms with Crippen LogP contribution in [0.25, 0.3) is 0 Å². The third kappa shape index (κ3) is 3.71. The molecule has 1 amide bonds. The maximum Gasteiger partial charge on any atom is 0.426 e. The molecule has 0 saturated carbocycles. The van der Waals surface area contributed by atoms with Gasteiger partial charge in [-0.05, 0) is 24.8 Å². The highest BCUT2D eigenvalue weighted by molar-refractivity contribution is 7.10. The third-order valence-electron chi connectivity index (χ3n) is 2.92. The summed E-state index contributed by atoms with van der Waals surface area (Å²) in [5, 5.41) is 20.8. The zero-order valence-electron chi connectivity index (χ0n) is 11.0. The van der Waals surface area contributed by atoms with Gasteiger partial charge >= 0.3 is 6.18 Å². The van der Waals surface area contributed by atoms with Crippen LogP contribution in [-0.4, -0.2) is 46.4 Å². The predicted octanol–water partition coefficient (Wildman–Crippen LogP) is 1.94. The minimum Gasteiger partial charge on any atom is -0.388 e. The standard InChI is InChI=1S/C12H16F3NO3S/c1-11(19,12(13,14)15)10(18)16(2)6-5-8(17)9-4-3-7-20-9/h3-4,7-8,17,19H,5-6H2,1-2H3/t8-,11?/m0/s1. The van der Waals surface area contributed by atoms with Crippen molar-refractivity contribution in [2.45, 2.75) is 31.2 Å². The molecule has 1 heterocycles. The molecule has 1 aromatic rings. The molecule has 0 saturated heterocycles. The summed E-state index contributed by atoms with van der Waals surface area (Å²) in [5.74, 6) is -1.44. The molecule has 1 aromatic heterocycles. The fourth-order valence-electron chi connectivity index (χ4n) is 1.53. The molecule has 8 heteroatoms. The summed E-state index contributed by atoms with van der Waals surface area (Å²) in [6.07, 6.45) is -5.79. The van der Waals surface area contributed by atoms with E-state index in [4.69, 9.17) is 0 Å². The van der Waals surface area contributed by atoms with Crippen LogP contribution in [0.15, 0.2) is 17.5 Å². The monoisotopic (exact) mass is 311 g/mol. The molecule has 0 radical (unpaired) electrons. The second kappa shape index (κ2) is 6.11. The van der Waals surface area contributed by atoms with Gasteiger partial charge in [0.15, 0.2) is 0 Å². The summed E-state index contributed by atoms with van der Waals surface area (Å²) in [5.41, 5.74) is -3.42. The van der Waals surface area contributed by atoms with Crippen molar-refractivity contribution < 1.29 is 28.2 Å². The molecule has 2 atom stereocenters. The Labute approximate surface area is 118 Å². The van der Waals surface area contributed by atoms with Gasteiger partial charge in [-0.3, -0.25) is 4.79 Å². The zero-order valence-corrected chi connectivity index (χ0v) is 11.8. The molecular formula is C12H16F3NO3S. The molecule has 4 nitrogen and oxygen atoms in total. The molecule has 0 fully saturated rings. The summed E-state index contributed by atoms with van der Waals surface area (Å²) in [7, 11) is 1.16. The smallest absolute Gasteiger partial charge is 0.388 e. The Hall–Kier alpha value is -1.12. The van der Waals surface area contributed by atoms with E-state index in [1.54, 1.807) is 17.5 Å². The highest BCUT2D eigenvalue weighted by Gasteiger charge is 2.56. The number of aliphatic hydroxyl groups is 2. The SMILES string of the molecule is CN(CC[C@H](O)c1cccs1)C(=O)C(C)(O)C(F)(F)F. The number of thiophene rings is 1. The number of likely N-dealkylation sites (N-methyl/N-ethyl adjacent to an activating group) is 1. The number of aliphatic hydroxyl groups excluding tert-OH is 1. The van der Waals surface area contributed by atoms with Crippen LogP contribution in [0.1, 0.15) is 24.3 Å². The maximum absolute atomic E-state index is 12.5. The lowest BCUT2D eigenvalue weighted by Gasteiger charge is -2.30. The van der Waals surface area contributed by atoms with Gasteiger partial charge < -0.3 is 15.1 Å². The average molecular weight is 311 g/mol. The predicted molar refractivity (Wildman–Crippen MR) is 68.2 cm³/mol. The van der Waals surface area contributed by atoms with Crippen LogP contribution in [-0.2, 0) is 4.79 Å². The highest BCUT2D eigenvalue weighted by Crippen LogP contribution is 2.31. The van der Waals surface area contributed by atoms with Gasteiger partial charge in [0.25, 0.3) is 5.91 Å². The molecule has 0 aliphatic heterocycles. The quantitative estimate of drug-likeness (QED) is 0.874. The molecule has 0 bridgehead atoms. The summed E-state index contributed by atoms with van der Waals surface area (Å²) in [4.78, 5) is 13.0. The van der Waals surface area contributed by atoms with Crippen LogP contribution in [0, 0.1) is 0 Å². The van der Waals surface area contributed by atoms with Gasteiger partial charge in [0.05, 0.1) is 6.10 Å². The number of carbonyl (C=O) groups excluding carboxylic acids is 1. The maximum atomic E-state index is 12.5. The van der Waals surface area contributed by atoms with E-state index in [0.717, 1.165) is 11.9 Å². The number of amides is 1. The normalized spacial score (nSPS) is 16.6. The summed E-state index contributed by atoms with van der Waals surface area (Å²) >= 11 is 1.32. The van der Waals surface area contributed by atoms with Crippen molar-refractivity contribution in [3.63, 3.8) is 0 Å². The molecule has 0 spiro atoms. The van der Waals surface area contributed by atoms with Crippen molar-refractivity contribution in [3.05, 3.63) is 22.4 Å². The van der Waals surface area contributed by atoms with Gasteiger partial charge in [-0.1, -0.05) is 6.07 Å². The van der Waals surface area contributed by atoms with Crippen molar-refractivity contribution in [1.82, 2.24) is 4.90 Å². The Morgan fingerprint density at radius 3 is 2.55 bits per heavy atom. The summed E-state index contributed by atoms with van der Waals surface area (Å²) in [6.45, 7) is 0.325. The molecule has 1 unspecified atom stereocenters. The lowest BCUT2D eigenvalue weighted by Crippen LogP contribution is -2.55. The minimum absolute atomic E-state index is 0.0931. The minimum atomic E-state index is -5.04. The van der Waals surface area contributed by atoms with E-state index in [2.05, 4.69) is 0 Å². The topological polar surface area (TPSA) is 60.8 Å². The molecule has 2 N–H and O–H groups in total. The Kier molecular flexibility index (Phi) is 5.17. The zero-order chi connectivity index (χ0) is 15.6. The van der Waals surface area contributed by atoms with Gasteiger partial charge in [0, 0.05) is 18.5 Å². The lowest BCUT2D eigenvalue weighted by atomic mass is 10.0. The molecular weight excluding hydrogens is 295 g/mol. The number of hydrogen-bond acceptors (Lipinski definition) is 4. The molecule has 1 rings (SSSR count). The van der Waals surface area contributed by atoms with Crippen molar-refractivity contribution in [1.29, 1.82) is 0 Å². The molecule has 0 aromatic carbocycles. The van der Waals surface area contributed by atoms with Gasteiger partial charge in [0.2, 0.25) is 5.60 Å². The van der Waals surface area contributed by atoms with Crippen molar-refractivity contribution in [2.75, 3.05) is 13.6 Å². The van der Waals surface area contributed by atoms with Crippen LogP contribution in [0.2, 0.25) is 0 Å². The molecule has 20 heavy (non-hydrogen) atoms. The fourth-order valence-corrected chi connectivity index (χ4v) is 2.28. The van der Waals surface area contributed by atoms with Gasteiger partial charge in [-0.25, -0.2) is 0 Å². The van der Waals surface area contributed by atoms with E-state index >= 15 is 0 Å². The van der Waals surface area contributed by atoms with Crippen LogP contribution in [0.3, 0.4) is 0 Å². The number of hydrogen-bond donors (Lipinski definition) is 2. The van der Waals surface area contributed by atoms with Gasteiger partial charge in [-0.2, -0.15) is 13.2 Å². The molecule has 0 aliphatic rings. The first-order chi connectivity index (χ1) is 9.07. The van der Waals surface area contributed by atoms with Gasteiger partial charge in [0.1, 0.15) is 0 Å². The second-order valence-electron chi connectivity index (χ2n) is 4.62. The van der Waals surface area contributed by atoms with Crippen LogP contribution < -0.4 is 0 Å². The number of nitrogens with zero attached hydrogens (tertiary/aromatic N) is 1. The second-order valence-corrected chi connectivity index (χ2v) is 5.60. The van der Waals surface area contributed by atoms with Crippen molar-refractivity contribution >= 4 is 17.2 Å². The Bertz CT molecular complexity index is 445. The van der Waals surface area contributed by atoms with E-state index in [9.17, 15) is 28.2 Å². The van der Waals surface area contributed by atoms with E-state index in [1.165, 1.54) is 11.3 Å². The average Bonchev–Trinajstić information content (AvgIpc) is 2.86. The van der Waals surface area contributed by atoms with Crippen LogP contribution >= 0.6 is 11.3 Å². The Morgan fingerprint density at radius 2 is 2.10 bits per heavy atom. The number of carbonyl (C=O) groups is 1. The first-order valence-electron chi connectivity index (χ1n) is 5.83. The van der Waals surface area contributed by atoms with Crippen molar-refractivity contribution in [2.24, 2.45) is 0 Å². The number of alkyl halides is 3. The van der Waals surface area contributed by atoms with E-state index in [-0.39, 0.29) is 13.0 Å². The Morgan fingerprint density at radius 1 is 1.50 bits per heavy atom. The first-order valence-corrected chi connectivity index (χ1v) is 6.71. The Balaban J connectivity index is 2.59. The number of halogens is 3. The van der Waals surface area contributed by atoms with Crippen LogP contribution in [0.4, 0.5) is 13.2 Å². The summed E-state index contributed by atoms with van der Waals surface area (Å²) < 4.78 is 37.6. The lowest BCUT2D eigenvalue weighted by molar-refractivity contribution is -0.249. The number of rotatable bonds is 5. The highest BCUT2D eigenvalue weighted by atomic mass is 32.1.